The molecule has 4 rings (SSSR count). The molecule has 0 bridgehead atoms. The summed E-state index contributed by atoms with van der Waals surface area (Å²) >= 11 is 1.50. The van der Waals surface area contributed by atoms with Crippen LogP contribution in [0.4, 0.5) is 14.5 Å². The number of carbonyl (C=O) groups is 2. The Balaban J connectivity index is 1.53. The highest BCUT2D eigenvalue weighted by molar-refractivity contribution is 7.99. The molecule has 2 fully saturated rings. The van der Waals surface area contributed by atoms with Gasteiger partial charge in [-0.3, -0.25) is 14.6 Å². The summed E-state index contributed by atoms with van der Waals surface area (Å²) in [4.78, 5) is 33.0. The van der Waals surface area contributed by atoms with Gasteiger partial charge >= 0.3 is 0 Å². The second-order valence-corrected chi connectivity index (χ2v) is 10.0. The van der Waals surface area contributed by atoms with Crippen molar-refractivity contribution in [2.45, 2.75) is 32.2 Å². The minimum Gasteiger partial charge on any atom is -0.371 e. The summed E-state index contributed by atoms with van der Waals surface area (Å²) in [7, 11) is 0. The van der Waals surface area contributed by atoms with Crippen LogP contribution in [0.3, 0.4) is 0 Å². The van der Waals surface area contributed by atoms with Crippen LogP contribution >= 0.6 is 11.8 Å². The van der Waals surface area contributed by atoms with Gasteiger partial charge in [-0.2, -0.15) is 5.26 Å². The number of anilines is 1. The summed E-state index contributed by atoms with van der Waals surface area (Å²) in [5, 5.41) is 12.4. The van der Waals surface area contributed by atoms with E-state index >= 15 is 0 Å². The summed E-state index contributed by atoms with van der Waals surface area (Å²) < 4.78 is 28.5. The summed E-state index contributed by atoms with van der Waals surface area (Å²) in [5.41, 5.74) is 0.518. The van der Waals surface area contributed by atoms with Crippen LogP contribution in [0.2, 0.25) is 0 Å². The molecule has 0 spiro atoms. The zero-order chi connectivity index (χ0) is 23.8. The zero-order valence-corrected chi connectivity index (χ0v) is 19.3. The monoisotopic (exact) mass is 473 g/mol. The molecule has 2 amide bonds. The number of piperidine rings is 1. The molecule has 2 saturated heterocycles. The van der Waals surface area contributed by atoms with Gasteiger partial charge in [0.1, 0.15) is 6.04 Å². The van der Waals surface area contributed by atoms with Gasteiger partial charge in [-0.1, -0.05) is 13.8 Å². The van der Waals surface area contributed by atoms with Crippen molar-refractivity contribution in [2.75, 3.05) is 36.2 Å². The average Bonchev–Trinajstić information content (AvgIpc) is 3.27. The Hall–Kier alpha value is -2.93. The molecule has 1 aromatic heterocycles. The van der Waals surface area contributed by atoms with Gasteiger partial charge in [-0.05, 0) is 24.3 Å². The largest absolute Gasteiger partial charge is 0.371 e. The van der Waals surface area contributed by atoms with E-state index in [0.29, 0.717) is 28.1 Å². The highest BCUT2D eigenvalue weighted by atomic mass is 32.2. The SMILES string of the molecule is CC1(C)CN(c2ccc3nccc(C(=O)NCC(=O)N4CSCC4C#N)c3c2)CCC1(F)F. The van der Waals surface area contributed by atoms with Crippen molar-refractivity contribution in [3.63, 3.8) is 0 Å². The van der Waals surface area contributed by atoms with Crippen LogP contribution in [-0.4, -0.2) is 64.9 Å². The molecular formula is C23H25F2N5O2S. The third-order valence-corrected chi connectivity index (χ3v) is 7.37. The second kappa shape index (κ2) is 8.78. The van der Waals surface area contributed by atoms with Crippen LogP contribution < -0.4 is 10.2 Å². The third kappa shape index (κ3) is 4.47. The van der Waals surface area contributed by atoms with E-state index in [1.807, 2.05) is 11.0 Å². The molecule has 2 aliphatic heterocycles. The number of aromatic nitrogens is 1. The van der Waals surface area contributed by atoms with Gasteiger partial charge in [0.25, 0.3) is 11.8 Å². The van der Waals surface area contributed by atoms with Crippen LogP contribution in [-0.2, 0) is 4.79 Å². The maximum atomic E-state index is 14.3. The molecular weight excluding hydrogens is 448 g/mol. The molecule has 0 radical (unpaired) electrons. The van der Waals surface area contributed by atoms with Crippen molar-refractivity contribution in [1.82, 2.24) is 15.2 Å². The average molecular weight is 474 g/mol. The van der Waals surface area contributed by atoms with Crippen LogP contribution in [0.15, 0.2) is 30.5 Å². The minimum atomic E-state index is -2.74. The first-order chi connectivity index (χ1) is 15.6. The van der Waals surface area contributed by atoms with E-state index < -0.39 is 23.3 Å². The minimum absolute atomic E-state index is 0.190. The van der Waals surface area contributed by atoms with E-state index in [1.54, 1.807) is 32.0 Å². The number of pyridine rings is 1. The maximum Gasteiger partial charge on any atom is 0.256 e. The number of hydrogen-bond donors (Lipinski definition) is 1. The van der Waals surface area contributed by atoms with Gasteiger partial charge in [-0.15, -0.1) is 11.8 Å². The molecule has 0 saturated carbocycles. The fraction of sp³-hybridized carbons (Fsp3) is 0.478. The van der Waals surface area contributed by atoms with Crippen molar-refractivity contribution >= 4 is 40.2 Å². The Morgan fingerprint density at radius 2 is 2.12 bits per heavy atom. The molecule has 1 N–H and O–H groups in total. The highest BCUT2D eigenvalue weighted by Gasteiger charge is 2.50. The fourth-order valence-corrected chi connectivity index (χ4v) is 5.29. The zero-order valence-electron chi connectivity index (χ0n) is 18.5. The van der Waals surface area contributed by atoms with Crippen molar-refractivity contribution in [3.05, 3.63) is 36.0 Å². The molecule has 0 aliphatic carbocycles. The van der Waals surface area contributed by atoms with Gasteiger partial charge < -0.3 is 15.1 Å². The Morgan fingerprint density at radius 3 is 2.85 bits per heavy atom. The predicted octanol–water partition coefficient (Wildman–Crippen LogP) is 3.26. The number of nitriles is 1. The number of rotatable bonds is 4. The van der Waals surface area contributed by atoms with E-state index in [9.17, 15) is 18.4 Å². The van der Waals surface area contributed by atoms with E-state index in [-0.39, 0.29) is 32.0 Å². The van der Waals surface area contributed by atoms with Gasteiger partial charge in [0.15, 0.2) is 0 Å². The molecule has 10 heteroatoms. The maximum absolute atomic E-state index is 14.3. The quantitative estimate of drug-likeness (QED) is 0.733. The first-order valence-electron chi connectivity index (χ1n) is 10.7. The van der Waals surface area contributed by atoms with Crippen LogP contribution in [0, 0.1) is 16.7 Å². The van der Waals surface area contributed by atoms with E-state index in [0.717, 1.165) is 5.69 Å². The van der Waals surface area contributed by atoms with Crippen molar-refractivity contribution in [3.8, 4) is 6.07 Å². The molecule has 2 aromatic rings. The third-order valence-electron chi connectivity index (χ3n) is 6.36. The van der Waals surface area contributed by atoms with Gasteiger partial charge in [0.2, 0.25) is 5.91 Å². The van der Waals surface area contributed by atoms with Gasteiger partial charge in [0, 0.05) is 47.9 Å². The van der Waals surface area contributed by atoms with Crippen molar-refractivity contribution < 1.29 is 18.4 Å². The van der Waals surface area contributed by atoms with E-state index in [2.05, 4.69) is 16.4 Å². The van der Waals surface area contributed by atoms with Gasteiger partial charge in [0.05, 0.1) is 29.6 Å². The molecule has 3 heterocycles. The first-order valence-corrected chi connectivity index (χ1v) is 11.8. The highest BCUT2D eigenvalue weighted by Crippen LogP contribution is 2.44. The number of halogens is 2. The standard InChI is InChI=1S/C23H25F2N5O2S/c1-22(2)13-29(8-6-23(22,24)25)15-3-4-19-18(9-15)17(5-7-27-19)21(32)28-11-20(31)30-14-33-12-16(30)10-26/h3-5,7,9,16H,6,8,11-14H2,1-2H3,(H,28,32). The number of thioether (sulfide) groups is 1. The summed E-state index contributed by atoms with van der Waals surface area (Å²) in [6.45, 7) is 3.32. The number of amides is 2. The molecule has 33 heavy (non-hydrogen) atoms. The lowest BCUT2D eigenvalue weighted by Gasteiger charge is -2.45. The Labute approximate surface area is 195 Å². The molecule has 1 atom stereocenters. The van der Waals surface area contributed by atoms with Gasteiger partial charge in [-0.25, -0.2) is 8.78 Å². The van der Waals surface area contributed by atoms with Crippen molar-refractivity contribution in [1.29, 1.82) is 5.26 Å². The number of nitrogens with zero attached hydrogens (tertiary/aromatic N) is 4. The molecule has 1 unspecified atom stereocenters. The first kappa shape index (κ1) is 23.2. The number of carbonyl (C=O) groups excluding carboxylic acids is 2. The summed E-state index contributed by atoms with van der Waals surface area (Å²) in [6.07, 6.45) is 1.28. The smallest absolute Gasteiger partial charge is 0.256 e. The Morgan fingerprint density at radius 1 is 1.33 bits per heavy atom. The van der Waals surface area contributed by atoms with Crippen LogP contribution in [0.5, 0.6) is 0 Å². The fourth-order valence-electron chi connectivity index (χ4n) is 4.18. The number of nitrogens with one attached hydrogen (secondary N) is 1. The van der Waals surface area contributed by atoms with Crippen molar-refractivity contribution in [2.24, 2.45) is 5.41 Å². The van der Waals surface area contributed by atoms with Crippen LogP contribution in [0.1, 0.15) is 30.6 Å². The predicted molar refractivity (Wildman–Crippen MR) is 123 cm³/mol. The lowest BCUT2D eigenvalue weighted by Crippen LogP contribution is -2.52. The second-order valence-electron chi connectivity index (χ2n) is 9.01. The lowest BCUT2D eigenvalue weighted by molar-refractivity contribution is -0.129. The molecule has 2 aliphatic rings. The van der Waals surface area contributed by atoms with E-state index in [4.69, 9.17) is 5.26 Å². The summed E-state index contributed by atoms with van der Waals surface area (Å²) in [6, 6.07) is 8.58. The molecule has 1 aromatic carbocycles. The molecule has 7 nitrogen and oxygen atoms in total. The van der Waals surface area contributed by atoms with E-state index in [1.165, 1.54) is 22.9 Å². The molecule has 174 valence electrons. The Kier molecular flexibility index (Phi) is 6.18. The summed E-state index contributed by atoms with van der Waals surface area (Å²) in [5.74, 6) is -2.49. The Bertz CT molecular complexity index is 1130. The number of hydrogen-bond acceptors (Lipinski definition) is 6. The number of fused-ring (bicyclic) bond motifs is 1. The number of alkyl halides is 2. The number of benzene rings is 1. The topological polar surface area (TPSA) is 89.3 Å². The normalized spacial score (nSPS) is 21.6. The lowest BCUT2D eigenvalue weighted by atomic mass is 9.80. The van der Waals surface area contributed by atoms with Crippen LogP contribution in [0.25, 0.3) is 10.9 Å².